The molecule has 1 aliphatic rings. The molecule has 1 aliphatic heterocycles. The van der Waals surface area contributed by atoms with Crippen LogP contribution in [0.3, 0.4) is 0 Å². The molecule has 3 radical (unpaired) electrons. The SMILES string of the molecule is COCCN1C[C@H](C(N)=O)[C@@H](C)C1.[B]. The summed E-state index contributed by atoms with van der Waals surface area (Å²) in [6, 6.07) is 0. The number of carbonyl (C=O) groups excluding carboxylic acids is 1. The molecule has 1 heterocycles. The molecule has 14 heavy (non-hydrogen) atoms. The molecule has 1 rings (SSSR count). The zero-order valence-electron chi connectivity index (χ0n) is 8.90. The Labute approximate surface area is 87.3 Å². The van der Waals surface area contributed by atoms with Gasteiger partial charge in [-0.2, -0.15) is 0 Å². The van der Waals surface area contributed by atoms with Gasteiger partial charge in [0.15, 0.2) is 0 Å². The molecule has 0 aromatic rings. The molecule has 0 aliphatic carbocycles. The zero-order chi connectivity index (χ0) is 9.84. The van der Waals surface area contributed by atoms with Crippen LogP contribution in [0.1, 0.15) is 6.92 Å². The molecule has 0 unspecified atom stereocenters. The molecule has 2 N–H and O–H groups in total. The van der Waals surface area contributed by atoms with Gasteiger partial charge in [0.25, 0.3) is 0 Å². The van der Waals surface area contributed by atoms with E-state index in [1.54, 1.807) is 7.11 Å². The number of methoxy groups -OCH3 is 1. The predicted octanol–water partition coefficient (Wildman–Crippen LogP) is -0.695. The fourth-order valence-electron chi connectivity index (χ4n) is 1.84. The lowest BCUT2D eigenvalue weighted by Crippen LogP contribution is -2.30. The summed E-state index contributed by atoms with van der Waals surface area (Å²) in [5.41, 5.74) is 5.28. The maximum absolute atomic E-state index is 11.0. The van der Waals surface area contributed by atoms with Crippen LogP contribution in [-0.4, -0.2) is 52.6 Å². The number of ether oxygens (including phenoxy) is 1. The van der Waals surface area contributed by atoms with Crippen LogP contribution in [0.5, 0.6) is 0 Å². The highest BCUT2D eigenvalue weighted by molar-refractivity contribution is 5.77. The molecule has 1 saturated heterocycles. The van der Waals surface area contributed by atoms with E-state index in [-0.39, 0.29) is 20.2 Å². The van der Waals surface area contributed by atoms with Gasteiger partial charge in [0, 0.05) is 35.2 Å². The predicted molar refractivity (Wildman–Crippen MR) is 55.9 cm³/mol. The minimum absolute atomic E-state index is 0. The van der Waals surface area contributed by atoms with E-state index < -0.39 is 0 Å². The van der Waals surface area contributed by atoms with Crippen LogP contribution in [0.15, 0.2) is 0 Å². The summed E-state index contributed by atoms with van der Waals surface area (Å²) in [5.74, 6) is 0.235. The summed E-state index contributed by atoms with van der Waals surface area (Å²) in [6.45, 7) is 5.43. The minimum atomic E-state index is -0.174. The third kappa shape index (κ3) is 3.31. The maximum Gasteiger partial charge on any atom is 0.222 e. The summed E-state index contributed by atoms with van der Waals surface area (Å²) in [7, 11) is 1.69. The molecule has 0 saturated carbocycles. The van der Waals surface area contributed by atoms with Crippen molar-refractivity contribution in [3.05, 3.63) is 0 Å². The molecule has 0 bridgehead atoms. The second kappa shape index (κ2) is 6.04. The van der Waals surface area contributed by atoms with Crippen molar-refractivity contribution in [2.24, 2.45) is 17.6 Å². The van der Waals surface area contributed by atoms with Gasteiger partial charge in [-0.25, -0.2) is 0 Å². The fourth-order valence-corrected chi connectivity index (χ4v) is 1.84. The van der Waals surface area contributed by atoms with E-state index in [4.69, 9.17) is 10.5 Å². The van der Waals surface area contributed by atoms with E-state index in [2.05, 4.69) is 11.8 Å². The number of nitrogens with two attached hydrogens (primary N) is 1. The van der Waals surface area contributed by atoms with Crippen LogP contribution in [0, 0.1) is 11.8 Å². The Hall–Kier alpha value is -0.545. The number of hydrogen-bond acceptors (Lipinski definition) is 3. The third-order valence-corrected chi connectivity index (χ3v) is 2.67. The smallest absolute Gasteiger partial charge is 0.222 e. The number of hydrogen-bond donors (Lipinski definition) is 1. The van der Waals surface area contributed by atoms with Crippen LogP contribution in [0.25, 0.3) is 0 Å². The highest BCUT2D eigenvalue weighted by atomic mass is 16.5. The Morgan fingerprint density at radius 1 is 1.57 bits per heavy atom. The molecule has 79 valence electrons. The first-order valence-corrected chi connectivity index (χ1v) is 4.65. The van der Waals surface area contributed by atoms with Gasteiger partial charge in [0.2, 0.25) is 5.91 Å². The molecule has 2 atom stereocenters. The molecule has 0 aromatic heterocycles. The maximum atomic E-state index is 11.0. The van der Waals surface area contributed by atoms with Crippen molar-refractivity contribution in [1.29, 1.82) is 0 Å². The largest absolute Gasteiger partial charge is 0.383 e. The Morgan fingerprint density at radius 2 is 2.21 bits per heavy atom. The number of likely N-dealkylation sites (tertiary alicyclic amines) is 1. The lowest BCUT2D eigenvalue weighted by Gasteiger charge is -2.13. The van der Waals surface area contributed by atoms with Crippen LogP contribution in [0.4, 0.5) is 0 Å². The first-order chi connectivity index (χ1) is 6.15. The van der Waals surface area contributed by atoms with Gasteiger partial charge in [0.05, 0.1) is 12.5 Å². The van der Waals surface area contributed by atoms with Gasteiger partial charge in [-0.05, 0) is 5.92 Å². The van der Waals surface area contributed by atoms with Gasteiger partial charge < -0.3 is 10.5 Å². The van der Waals surface area contributed by atoms with E-state index in [0.29, 0.717) is 5.92 Å². The van der Waals surface area contributed by atoms with Crippen LogP contribution >= 0.6 is 0 Å². The molecular weight excluding hydrogens is 179 g/mol. The van der Waals surface area contributed by atoms with Crippen molar-refractivity contribution in [1.82, 2.24) is 4.90 Å². The van der Waals surface area contributed by atoms with E-state index >= 15 is 0 Å². The van der Waals surface area contributed by atoms with Crippen molar-refractivity contribution in [2.45, 2.75) is 6.92 Å². The minimum Gasteiger partial charge on any atom is -0.383 e. The van der Waals surface area contributed by atoms with Crippen molar-refractivity contribution in [3.63, 3.8) is 0 Å². The zero-order valence-corrected chi connectivity index (χ0v) is 8.90. The lowest BCUT2D eigenvalue weighted by atomic mass is 9.98. The summed E-state index contributed by atoms with van der Waals surface area (Å²) < 4.78 is 4.98. The normalized spacial score (nSPS) is 27.3. The molecule has 1 fully saturated rings. The third-order valence-electron chi connectivity index (χ3n) is 2.67. The van der Waals surface area contributed by atoms with Gasteiger partial charge in [-0.15, -0.1) is 0 Å². The van der Waals surface area contributed by atoms with Crippen molar-refractivity contribution in [2.75, 3.05) is 33.4 Å². The summed E-state index contributed by atoms with van der Waals surface area (Å²) in [4.78, 5) is 13.2. The standard InChI is InChI=1S/C9H18N2O2.B/c1-7-5-11(3-4-13-2)6-8(7)9(10)12;/h7-8H,3-6H2,1-2H3,(H2,10,12);/t7-,8-;/m0./s1. The molecule has 0 aromatic carbocycles. The topological polar surface area (TPSA) is 55.6 Å². The van der Waals surface area contributed by atoms with Crippen molar-refractivity contribution >= 4 is 14.3 Å². The Morgan fingerprint density at radius 3 is 2.64 bits per heavy atom. The van der Waals surface area contributed by atoms with Crippen LogP contribution in [-0.2, 0) is 9.53 Å². The van der Waals surface area contributed by atoms with E-state index in [0.717, 1.165) is 26.2 Å². The first kappa shape index (κ1) is 13.5. The van der Waals surface area contributed by atoms with E-state index in [1.165, 1.54) is 0 Å². The Bertz CT molecular complexity index is 190. The quantitative estimate of drug-likeness (QED) is 0.606. The average molecular weight is 197 g/mol. The number of primary amides is 1. The Balaban J connectivity index is 0.00000169. The number of amides is 1. The number of rotatable bonds is 4. The molecule has 1 amide bonds. The first-order valence-electron chi connectivity index (χ1n) is 4.65. The summed E-state index contributed by atoms with van der Waals surface area (Å²) >= 11 is 0. The molecular formula is C9H18BN2O2. The van der Waals surface area contributed by atoms with Crippen LogP contribution in [0.2, 0.25) is 0 Å². The number of nitrogens with zero attached hydrogens (tertiary/aromatic N) is 1. The van der Waals surface area contributed by atoms with E-state index in [9.17, 15) is 4.79 Å². The van der Waals surface area contributed by atoms with E-state index in [1.807, 2.05) is 0 Å². The molecule has 4 nitrogen and oxygen atoms in total. The number of carbonyl (C=O) groups is 1. The highest BCUT2D eigenvalue weighted by Gasteiger charge is 2.32. The Kier molecular flexibility index (Phi) is 5.80. The second-order valence-electron chi connectivity index (χ2n) is 3.74. The van der Waals surface area contributed by atoms with Gasteiger partial charge in [-0.3, -0.25) is 9.69 Å². The van der Waals surface area contributed by atoms with Gasteiger partial charge in [0.1, 0.15) is 0 Å². The summed E-state index contributed by atoms with van der Waals surface area (Å²) in [6.07, 6.45) is 0. The molecule has 5 heteroatoms. The van der Waals surface area contributed by atoms with Crippen molar-refractivity contribution in [3.8, 4) is 0 Å². The molecule has 0 spiro atoms. The second-order valence-corrected chi connectivity index (χ2v) is 3.74. The highest BCUT2D eigenvalue weighted by Crippen LogP contribution is 2.21. The monoisotopic (exact) mass is 197 g/mol. The lowest BCUT2D eigenvalue weighted by molar-refractivity contribution is -0.122. The summed E-state index contributed by atoms with van der Waals surface area (Å²) in [5, 5.41) is 0. The van der Waals surface area contributed by atoms with Crippen LogP contribution < -0.4 is 5.73 Å². The van der Waals surface area contributed by atoms with Gasteiger partial charge >= 0.3 is 0 Å². The average Bonchev–Trinajstić information content (AvgIpc) is 2.43. The van der Waals surface area contributed by atoms with Gasteiger partial charge in [-0.1, -0.05) is 6.92 Å². The fraction of sp³-hybridized carbons (Fsp3) is 0.889. The van der Waals surface area contributed by atoms with Crippen molar-refractivity contribution < 1.29 is 9.53 Å².